The zero-order valence-corrected chi connectivity index (χ0v) is 14.9. The number of carbonyl (C=O) groups excluding carboxylic acids is 1. The Balaban J connectivity index is 2.22. The van der Waals surface area contributed by atoms with E-state index in [2.05, 4.69) is 46.9 Å². The van der Waals surface area contributed by atoms with Crippen LogP contribution in [0.4, 0.5) is 0 Å². The van der Waals surface area contributed by atoms with Gasteiger partial charge in [-0.05, 0) is 41.4 Å². The van der Waals surface area contributed by atoms with E-state index in [4.69, 9.17) is 4.74 Å². The van der Waals surface area contributed by atoms with Crippen molar-refractivity contribution in [3.63, 3.8) is 0 Å². The quantitative estimate of drug-likeness (QED) is 0.785. The van der Waals surface area contributed by atoms with E-state index in [-0.39, 0.29) is 17.4 Å². The van der Waals surface area contributed by atoms with Gasteiger partial charge in [0, 0.05) is 6.04 Å². The number of ether oxygens (including phenoxy) is 1. The number of hydrogen-bond donors (Lipinski definition) is 1. The van der Waals surface area contributed by atoms with E-state index in [9.17, 15) is 4.79 Å². The summed E-state index contributed by atoms with van der Waals surface area (Å²) >= 11 is 0. The van der Waals surface area contributed by atoms with Crippen LogP contribution in [0.2, 0.25) is 0 Å². The van der Waals surface area contributed by atoms with Crippen molar-refractivity contribution in [2.24, 2.45) is 22.2 Å². The first-order valence-electron chi connectivity index (χ1n) is 8.47. The molecule has 5 atom stereocenters. The maximum atomic E-state index is 12.2. The lowest BCUT2D eigenvalue weighted by Gasteiger charge is -2.42. The first kappa shape index (κ1) is 16.8. The molecule has 0 spiro atoms. The van der Waals surface area contributed by atoms with Crippen LogP contribution in [-0.4, -0.2) is 25.2 Å². The molecule has 0 saturated heterocycles. The zero-order valence-electron chi connectivity index (χ0n) is 14.9. The summed E-state index contributed by atoms with van der Waals surface area (Å²) in [6.45, 7) is 13.9. The number of fused-ring (bicyclic) bond motifs is 2. The van der Waals surface area contributed by atoms with E-state index >= 15 is 0 Å². The van der Waals surface area contributed by atoms with Crippen LogP contribution in [0.15, 0.2) is 0 Å². The molecule has 0 aliphatic heterocycles. The average molecular weight is 295 g/mol. The lowest BCUT2D eigenvalue weighted by Crippen LogP contribution is -2.53. The Morgan fingerprint density at radius 3 is 2.29 bits per heavy atom. The maximum Gasteiger partial charge on any atom is 0.323 e. The molecule has 2 fully saturated rings. The van der Waals surface area contributed by atoms with Crippen molar-refractivity contribution in [3.8, 4) is 0 Å². The molecule has 0 aromatic carbocycles. The summed E-state index contributed by atoms with van der Waals surface area (Å²) < 4.78 is 5.03. The summed E-state index contributed by atoms with van der Waals surface area (Å²) in [6.07, 6.45) is 4.71. The van der Waals surface area contributed by atoms with Crippen LogP contribution in [0, 0.1) is 22.2 Å². The van der Waals surface area contributed by atoms with Crippen molar-refractivity contribution in [1.82, 2.24) is 5.32 Å². The summed E-state index contributed by atoms with van der Waals surface area (Å²) in [7, 11) is 1.49. The van der Waals surface area contributed by atoms with E-state index < -0.39 is 0 Å². The molecule has 3 nitrogen and oxygen atoms in total. The second kappa shape index (κ2) is 5.26. The Labute approximate surface area is 130 Å². The van der Waals surface area contributed by atoms with E-state index in [0.29, 0.717) is 22.8 Å². The fourth-order valence-corrected chi connectivity index (χ4v) is 4.78. The highest BCUT2D eigenvalue weighted by molar-refractivity contribution is 5.76. The van der Waals surface area contributed by atoms with Gasteiger partial charge in [-0.25, -0.2) is 0 Å². The number of nitrogens with one attached hydrogen (secondary N) is 1. The van der Waals surface area contributed by atoms with Crippen molar-refractivity contribution in [1.29, 1.82) is 0 Å². The molecule has 0 aromatic rings. The minimum Gasteiger partial charge on any atom is -0.468 e. The summed E-state index contributed by atoms with van der Waals surface area (Å²) in [5.41, 5.74) is 0.963. The highest BCUT2D eigenvalue weighted by Gasteiger charge is 2.67. The van der Waals surface area contributed by atoms with Crippen molar-refractivity contribution >= 4 is 5.97 Å². The van der Waals surface area contributed by atoms with Gasteiger partial charge >= 0.3 is 5.97 Å². The largest absolute Gasteiger partial charge is 0.468 e. The van der Waals surface area contributed by atoms with Gasteiger partial charge in [0.2, 0.25) is 0 Å². The average Bonchev–Trinajstić information content (AvgIpc) is 2.71. The van der Waals surface area contributed by atoms with Crippen molar-refractivity contribution in [3.05, 3.63) is 0 Å². The van der Waals surface area contributed by atoms with Crippen LogP contribution in [-0.2, 0) is 9.53 Å². The molecule has 2 rings (SSSR count). The molecule has 0 aromatic heterocycles. The van der Waals surface area contributed by atoms with Crippen molar-refractivity contribution in [2.75, 3.05) is 7.11 Å². The van der Waals surface area contributed by atoms with Gasteiger partial charge in [0.15, 0.2) is 0 Å². The van der Waals surface area contributed by atoms with Crippen LogP contribution >= 0.6 is 0 Å². The predicted octanol–water partition coefficient (Wildman–Crippen LogP) is 3.77. The van der Waals surface area contributed by atoms with Gasteiger partial charge in [0.05, 0.1) is 7.11 Å². The van der Waals surface area contributed by atoms with Gasteiger partial charge < -0.3 is 10.1 Å². The Morgan fingerprint density at radius 1 is 1.29 bits per heavy atom. The lowest BCUT2D eigenvalue weighted by atomic mass is 9.65. The molecule has 0 amide bonds. The third-order valence-corrected chi connectivity index (χ3v) is 7.61. The number of methoxy groups -OCH3 is 1. The van der Waals surface area contributed by atoms with Crippen molar-refractivity contribution in [2.45, 2.75) is 79.3 Å². The molecule has 2 bridgehead atoms. The molecule has 2 aliphatic carbocycles. The van der Waals surface area contributed by atoms with Gasteiger partial charge in [-0.15, -0.1) is 0 Å². The highest BCUT2D eigenvalue weighted by atomic mass is 16.5. The molecule has 1 N–H and O–H groups in total. The van der Waals surface area contributed by atoms with Gasteiger partial charge in [-0.1, -0.05) is 48.0 Å². The standard InChI is InChI=1S/C18H33NO2/c1-8-12(2)14(15(20)21-7)19-13-11-17(5)9-10-18(13,6)16(17,3)4/h12-14,19H,8-11H2,1-7H3/t12?,13-,14+,17-,18+/m1/s1. The monoisotopic (exact) mass is 295 g/mol. The first-order chi connectivity index (χ1) is 9.63. The Bertz CT molecular complexity index is 419. The van der Waals surface area contributed by atoms with E-state index in [1.165, 1.54) is 26.4 Å². The SMILES string of the molecule is CCC(C)[C@H](N[C@@H]1C[C@@]2(C)CC[C@]1(C)C2(C)C)C(=O)OC. The van der Waals surface area contributed by atoms with Crippen LogP contribution in [0.5, 0.6) is 0 Å². The molecule has 2 saturated carbocycles. The molecular weight excluding hydrogens is 262 g/mol. The summed E-state index contributed by atoms with van der Waals surface area (Å²) in [5.74, 6) is 0.190. The van der Waals surface area contributed by atoms with Gasteiger partial charge in [-0.3, -0.25) is 4.79 Å². The minimum atomic E-state index is -0.180. The van der Waals surface area contributed by atoms with E-state index in [1.54, 1.807) is 0 Å². The van der Waals surface area contributed by atoms with Crippen LogP contribution in [0.25, 0.3) is 0 Å². The number of esters is 1. The Hall–Kier alpha value is -0.570. The molecular formula is C18H33NO2. The topological polar surface area (TPSA) is 38.3 Å². The fourth-order valence-electron chi connectivity index (χ4n) is 4.78. The number of carbonyl (C=O) groups is 1. The summed E-state index contributed by atoms with van der Waals surface area (Å²) in [5, 5.41) is 3.70. The predicted molar refractivity (Wildman–Crippen MR) is 86.0 cm³/mol. The maximum absolute atomic E-state index is 12.2. The smallest absolute Gasteiger partial charge is 0.323 e. The summed E-state index contributed by atoms with van der Waals surface area (Å²) in [4.78, 5) is 12.2. The lowest BCUT2D eigenvalue weighted by molar-refractivity contribution is -0.145. The third kappa shape index (κ3) is 2.23. The highest BCUT2D eigenvalue weighted by Crippen LogP contribution is 2.71. The molecule has 21 heavy (non-hydrogen) atoms. The molecule has 0 heterocycles. The molecule has 122 valence electrons. The first-order valence-corrected chi connectivity index (χ1v) is 8.47. The second-order valence-corrected chi connectivity index (χ2v) is 8.41. The van der Waals surface area contributed by atoms with E-state index in [0.717, 1.165) is 6.42 Å². The van der Waals surface area contributed by atoms with Crippen molar-refractivity contribution < 1.29 is 9.53 Å². The Morgan fingerprint density at radius 2 is 1.90 bits per heavy atom. The molecule has 1 unspecified atom stereocenters. The number of hydrogen-bond acceptors (Lipinski definition) is 3. The van der Waals surface area contributed by atoms with Gasteiger partial charge in [0.1, 0.15) is 6.04 Å². The Kier molecular flexibility index (Phi) is 4.20. The molecule has 0 radical (unpaired) electrons. The summed E-state index contributed by atoms with van der Waals surface area (Å²) in [6, 6.07) is 0.227. The molecule has 2 aliphatic rings. The second-order valence-electron chi connectivity index (χ2n) is 8.41. The third-order valence-electron chi connectivity index (χ3n) is 7.61. The minimum absolute atomic E-state index is 0.112. The van der Waals surface area contributed by atoms with E-state index in [1.807, 2.05) is 0 Å². The molecule has 3 heteroatoms. The van der Waals surface area contributed by atoms with Crippen LogP contribution in [0.3, 0.4) is 0 Å². The van der Waals surface area contributed by atoms with Gasteiger partial charge in [0.25, 0.3) is 0 Å². The normalized spacial score (nSPS) is 40.0. The van der Waals surface area contributed by atoms with Crippen LogP contribution in [0.1, 0.15) is 67.2 Å². The fraction of sp³-hybridized carbons (Fsp3) is 0.944. The number of rotatable bonds is 5. The van der Waals surface area contributed by atoms with Crippen LogP contribution < -0.4 is 5.32 Å². The zero-order chi connectivity index (χ0) is 16.1. The van der Waals surface area contributed by atoms with Gasteiger partial charge in [-0.2, -0.15) is 0 Å².